The number of amidine groups is 1. The average molecular weight is 603 g/mol. The summed E-state index contributed by atoms with van der Waals surface area (Å²) < 4.78 is 42.4. The van der Waals surface area contributed by atoms with Crippen molar-refractivity contribution in [3.8, 4) is 11.1 Å². The third-order valence-corrected chi connectivity index (χ3v) is 8.98. The maximum absolute atomic E-state index is 14.1. The first-order valence-corrected chi connectivity index (χ1v) is 15.4. The molecule has 230 valence electrons. The topological polar surface area (TPSA) is 65.0 Å². The Morgan fingerprint density at radius 1 is 0.932 bits per heavy atom. The Hall–Kier alpha value is -3.82. The van der Waals surface area contributed by atoms with Crippen LogP contribution in [0.1, 0.15) is 63.5 Å². The number of piperazine rings is 1. The molecule has 6 nitrogen and oxygen atoms in total. The molecule has 3 aromatic rings. The highest BCUT2D eigenvalue weighted by Crippen LogP contribution is 2.35. The molecule has 2 fully saturated rings. The molecule has 1 N–H and O–H groups in total. The van der Waals surface area contributed by atoms with E-state index in [-0.39, 0.29) is 36.1 Å². The van der Waals surface area contributed by atoms with Crippen molar-refractivity contribution in [2.45, 2.75) is 52.4 Å². The lowest BCUT2D eigenvalue weighted by atomic mass is 9.92. The number of fused-ring (bicyclic) bond motifs is 1. The molecule has 6 rings (SSSR count). The fraction of sp³-hybridized carbons (Fsp3) is 0.400. The van der Waals surface area contributed by atoms with Crippen LogP contribution in [0.3, 0.4) is 0 Å². The summed E-state index contributed by atoms with van der Waals surface area (Å²) in [6, 6.07) is 15.7. The number of hydrogen-bond donors (Lipinski definition) is 1. The number of rotatable bonds is 8. The van der Waals surface area contributed by atoms with E-state index in [9.17, 15) is 22.8 Å². The van der Waals surface area contributed by atoms with Crippen molar-refractivity contribution < 1.29 is 22.8 Å². The molecule has 9 heteroatoms. The number of hydrogen-bond acceptors (Lipinski definition) is 5. The Morgan fingerprint density at radius 3 is 2.39 bits per heavy atom. The first kappa shape index (κ1) is 30.2. The molecule has 1 aliphatic carbocycles. The number of halogens is 3. The minimum Gasteiger partial charge on any atom is -0.310 e. The predicted octanol–water partition coefficient (Wildman–Crippen LogP) is 6.03. The van der Waals surface area contributed by atoms with E-state index in [0.29, 0.717) is 23.5 Å². The van der Waals surface area contributed by atoms with Crippen LogP contribution in [0, 0.1) is 12.8 Å². The summed E-state index contributed by atoms with van der Waals surface area (Å²) in [5.74, 6) is 0.476. The van der Waals surface area contributed by atoms with E-state index < -0.39 is 11.7 Å². The predicted molar refractivity (Wildman–Crippen MR) is 165 cm³/mol. The van der Waals surface area contributed by atoms with Gasteiger partial charge in [-0.15, -0.1) is 0 Å². The molecule has 0 radical (unpaired) electrons. The zero-order valence-electron chi connectivity index (χ0n) is 25.1. The van der Waals surface area contributed by atoms with Crippen molar-refractivity contribution in [2.24, 2.45) is 10.9 Å². The van der Waals surface area contributed by atoms with Gasteiger partial charge in [-0.05, 0) is 77.9 Å². The fourth-order valence-corrected chi connectivity index (χ4v) is 6.08. The van der Waals surface area contributed by atoms with Gasteiger partial charge in [0.2, 0.25) is 5.91 Å². The highest BCUT2D eigenvalue weighted by Gasteiger charge is 2.34. The van der Waals surface area contributed by atoms with Crippen molar-refractivity contribution in [1.29, 1.82) is 0 Å². The Bertz CT molecular complexity index is 1620. The number of alkyl halides is 3. The molecule has 0 spiro atoms. The van der Waals surface area contributed by atoms with Crippen LogP contribution < -0.4 is 5.32 Å². The summed E-state index contributed by atoms with van der Waals surface area (Å²) in [4.78, 5) is 34.5. The first-order chi connectivity index (χ1) is 21.1. The lowest BCUT2D eigenvalue weighted by Crippen LogP contribution is -2.45. The molecule has 0 unspecified atom stereocenters. The number of nitrogens with one attached hydrogen (secondary N) is 1. The molecule has 3 aliphatic rings. The molecule has 2 aliphatic heterocycles. The normalized spacial score (nSPS) is 17.3. The summed E-state index contributed by atoms with van der Waals surface area (Å²) in [5.41, 5.74) is 5.05. The minimum atomic E-state index is -4.51. The summed E-state index contributed by atoms with van der Waals surface area (Å²) in [7, 11) is 0. The van der Waals surface area contributed by atoms with Gasteiger partial charge in [0.15, 0.2) is 5.78 Å². The summed E-state index contributed by atoms with van der Waals surface area (Å²) >= 11 is 0. The Balaban J connectivity index is 1.17. The standard InChI is InChI=1S/C35H37F3N4O2/c1-3-41-12-14-42(15-13-41)21-27-7-5-23(16-31(27)35(36,37)38)17-32(43)26-6-4-22(2)30(19-26)25-10-11-29-28(18-25)20-39-33(29)40-34(44)24-8-9-24/h4-7,10-11,16,18-19,24H,3,8-9,12-15,17,20-21H2,1-2H3,(H,39,40,44). The second-order valence-corrected chi connectivity index (χ2v) is 12.1. The lowest BCUT2D eigenvalue weighted by Gasteiger charge is -2.34. The minimum absolute atomic E-state index is 0.0187. The maximum Gasteiger partial charge on any atom is 0.416 e. The number of benzene rings is 3. The van der Waals surface area contributed by atoms with Crippen molar-refractivity contribution in [2.75, 3.05) is 32.7 Å². The van der Waals surface area contributed by atoms with Gasteiger partial charge in [0.05, 0.1) is 12.1 Å². The third kappa shape index (κ3) is 6.64. The molecule has 1 saturated heterocycles. The third-order valence-electron chi connectivity index (χ3n) is 8.98. The lowest BCUT2D eigenvalue weighted by molar-refractivity contribution is -0.138. The monoisotopic (exact) mass is 602 g/mol. The zero-order chi connectivity index (χ0) is 31.0. The number of amides is 1. The number of aryl methyl sites for hydroxylation is 1. The SMILES string of the molecule is CCN1CCN(Cc2ccc(CC(=O)c3ccc(C)c(-c4ccc5c(c4)CN=C5NC(=O)C4CC4)c3)cc2C(F)(F)F)CC1. The van der Waals surface area contributed by atoms with Crippen LogP contribution in [0.5, 0.6) is 0 Å². The van der Waals surface area contributed by atoms with E-state index in [2.05, 4.69) is 27.0 Å². The summed E-state index contributed by atoms with van der Waals surface area (Å²) in [5, 5.41) is 2.95. The van der Waals surface area contributed by atoms with Gasteiger partial charge in [0.1, 0.15) is 5.84 Å². The number of likely N-dealkylation sites (N-methyl/N-ethyl adjacent to an activating group) is 1. The highest BCUT2D eigenvalue weighted by atomic mass is 19.4. The largest absolute Gasteiger partial charge is 0.416 e. The van der Waals surface area contributed by atoms with E-state index in [0.717, 1.165) is 79.4 Å². The van der Waals surface area contributed by atoms with Crippen molar-refractivity contribution in [1.82, 2.24) is 15.1 Å². The van der Waals surface area contributed by atoms with Crippen molar-refractivity contribution in [3.05, 3.63) is 93.5 Å². The molecular formula is C35H37F3N4O2. The van der Waals surface area contributed by atoms with Gasteiger partial charge in [0, 0.05) is 56.2 Å². The number of nitrogens with zero attached hydrogens (tertiary/aromatic N) is 3. The molecule has 0 aromatic heterocycles. The van der Waals surface area contributed by atoms with Crippen LogP contribution in [0.25, 0.3) is 11.1 Å². The molecule has 0 bridgehead atoms. The van der Waals surface area contributed by atoms with Crippen LogP contribution in [0.2, 0.25) is 0 Å². The fourth-order valence-electron chi connectivity index (χ4n) is 6.08. The van der Waals surface area contributed by atoms with E-state index in [4.69, 9.17) is 0 Å². The van der Waals surface area contributed by atoms with Gasteiger partial charge < -0.3 is 10.2 Å². The van der Waals surface area contributed by atoms with Crippen molar-refractivity contribution in [3.63, 3.8) is 0 Å². The maximum atomic E-state index is 14.1. The van der Waals surface area contributed by atoms with Crippen LogP contribution in [-0.4, -0.2) is 60.0 Å². The average Bonchev–Trinajstić information content (AvgIpc) is 3.79. The van der Waals surface area contributed by atoms with Crippen LogP contribution in [-0.2, 0) is 30.5 Å². The smallest absolute Gasteiger partial charge is 0.310 e. The van der Waals surface area contributed by atoms with E-state index in [1.54, 1.807) is 12.1 Å². The van der Waals surface area contributed by atoms with Gasteiger partial charge in [-0.25, -0.2) is 0 Å². The molecule has 1 amide bonds. The summed E-state index contributed by atoms with van der Waals surface area (Å²) in [6.07, 6.45) is -2.78. The van der Waals surface area contributed by atoms with Crippen molar-refractivity contribution >= 4 is 17.5 Å². The van der Waals surface area contributed by atoms with Gasteiger partial charge in [0.25, 0.3) is 0 Å². The van der Waals surface area contributed by atoms with E-state index in [1.165, 1.54) is 6.07 Å². The number of Topliss-reactive ketones (excluding diaryl/α,β-unsaturated/α-hetero) is 1. The molecular weight excluding hydrogens is 565 g/mol. The number of carbonyl (C=O) groups excluding carboxylic acids is 2. The van der Waals surface area contributed by atoms with Gasteiger partial charge in [-0.1, -0.05) is 43.3 Å². The van der Waals surface area contributed by atoms with Gasteiger partial charge in [-0.2, -0.15) is 13.2 Å². The Kier molecular flexibility index (Phi) is 8.44. The van der Waals surface area contributed by atoms with Crippen LogP contribution in [0.15, 0.2) is 59.6 Å². The molecule has 44 heavy (non-hydrogen) atoms. The van der Waals surface area contributed by atoms with Gasteiger partial charge >= 0.3 is 6.18 Å². The first-order valence-electron chi connectivity index (χ1n) is 15.4. The number of aliphatic imine (C=N–C) groups is 1. The molecule has 1 saturated carbocycles. The Morgan fingerprint density at radius 2 is 1.68 bits per heavy atom. The van der Waals surface area contributed by atoms with Crippen LogP contribution in [0.4, 0.5) is 13.2 Å². The van der Waals surface area contributed by atoms with Crippen LogP contribution >= 0.6 is 0 Å². The molecule has 2 heterocycles. The molecule has 3 aromatic carbocycles. The molecule has 0 atom stereocenters. The number of ketones is 1. The zero-order valence-corrected chi connectivity index (χ0v) is 25.1. The van der Waals surface area contributed by atoms with E-state index >= 15 is 0 Å². The second kappa shape index (κ2) is 12.3. The number of carbonyl (C=O) groups is 2. The highest BCUT2D eigenvalue weighted by molar-refractivity contribution is 6.11. The van der Waals surface area contributed by atoms with Gasteiger partial charge in [-0.3, -0.25) is 19.5 Å². The second-order valence-electron chi connectivity index (χ2n) is 12.1. The summed E-state index contributed by atoms with van der Waals surface area (Å²) in [6.45, 7) is 8.86. The Labute approximate surface area is 256 Å². The quantitative estimate of drug-likeness (QED) is 0.320. The van der Waals surface area contributed by atoms with E-state index in [1.807, 2.05) is 37.3 Å².